The highest BCUT2D eigenvalue weighted by Crippen LogP contribution is 2.59. The van der Waals surface area contributed by atoms with E-state index in [0.29, 0.717) is 50.3 Å². The molecule has 0 saturated carbocycles. The Balaban J connectivity index is 1.52. The summed E-state index contributed by atoms with van der Waals surface area (Å²) in [5.74, 6) is -1.42. The minimum atomic E-state index is -1.11. The van der Waals surface area contributed by atoms with E-state index in [4.69, 9.17) is 9.47 Å². The average Bonchev–Trinajstić information content (AvgIpc) is 3.71. The fourth-order valence-electron chi connectivity index (χ4n) is 7.82. The quantitative estimate of drug-likeness (QED) is 0.195. The summed E-state index contributed by atoms with van der Waals surface area (Å²) < 4.78 is 12.4. The smallest absolute Gasteiger partial charge is 0.253 e. The lowest BCUT2D eigenvalue weighted by atomic mass is 9.70. The molecular weight excluding hydrogens is 594 g/mol. The second-order valence-corrected chi connectivity index (χ2v) is 12.9. The van der Waals surface area contributed by atoms with E-state index >= 15 is 0 Å². The minimum absolute atomic E-state index is 0.121. The molecule has 2 unspecified atom stereocenters. The first-order valence-electron chi connectivity index (χ1n) is 17.0. The molecule has 3 saturated heterocycles. The van der Waals surface area contributed by atoms with Crippen LogP contribution in [0, 0.1) is 25.7 Å². The number of hydrogen-bond donors (Lipinski definition) is 1. The molecule has 3 fully saturated rings. The van der Waals surface area contributed by atoms with Crippen LogP contribution in [0.15, 0.2) is 67.8 Å². The molecular formula is C38H49N3O6. The van der Waals surface area contributed by atoms with E-state index in [1.807, 2.05) is 63.2 Å². The van der Waals surface area contributed by atoms with Crippen LogP contribution in [0.1, 0.15) is 56.6 Å². The predicted molar refractivity (Wildman–Crippen MR) is 183 cm³/mol. The summed E-state index contributed by atoms with van der Waals surface area (Å²) in [6, 6.07) is 12.5. The topological polar surface area (TPSA) is 99.6 Å². The molecule has 2 aromatic rings. The molecule has 1 N–H and O–H groups in total. The summed E-state index contributed by atoms with van der Waals surface area (Å²) in [5, 5.41) is 9.27. The third-order valence-electron chi connectivity index (χ3n) is 9.90. The summed E-state index contributed by atoms with van der Waals surface area (Å²) in [4.78, 5) is 49.1. The largest absolute Gasteiger partial charge is 0.494 e. The minimum Gasteiger partial charge on any atom is -0.494 e. The van der Waals surface area contributed by atoms with Gasteiger partial charge in [-0.25, -0.2) is 0 Å². The van der Waals surface area contributed by atoms with Crippen LogP contribution in [0.4, 0.5) is 11.4 Å². The highest BCUT2D eigenvalue weighted by molar-refractivity contribution is 6.06. The molecule has 3 aliphatic rings. The van der Waals surface area contributed by atoms with Crippen LogP contribution in [0.2, 0.25) is 0 Å². The first kappa shape index (κ1) is 34.4. The van der Waals surface area contributed by atoms with Gasteiger partial charge in [0.15, 0.2) is 0 Å². The number of benzene rings is 2. The van der Waals surface area contributed by atoms with E-state index in [2.05, 4.69) is 13.2 Å². The molecule has 0 aromatic heterocycles. The van der Waals surface area contributed by atoms with E-state index < -0.39 is 29.6 Å². The van der Waals surface area contributed by atoms with Crippen molar-refractivity contribution in [2.75, 3.05) is 42.6 Å². The van der Waals surface area contributed by atoms with Crippen LogP contribution >= 0.6 is 0 Å². The van der Waals surface area contributed by atoms with Gasteiger partial charge in [0.1, 0.15) is 17.4 Å². The third-order valence-corrected chi connectivity index (χ3v) is 9.90. The zero-order chi connectivity index (χ0) is 33.7. The SMILES string of the molecule is C=CCN(C(=O)[C@@H]1[C@@H]2CCC3(O2)C(C(=O)N(CC=C)c2cc(C)ccc2C)N(CCCCCCO)C(=O)[C@H]13)c1ccc(OCC)cc1. The number of anilines is 2. The van der Waals surface area contributed by atoms with Crippen LogP contribution < -0.4 is 14.5 Å². The van der Waals surface area contributed by atoms with E-state index in [0.717, 1.165) is 29.7 Å². The lowest BCUT2D eigenvalue weighted by Gasteiger charge is -2.37. The van der Waals surface area contributed by atoms with Gasteiger partial charge in [0, 0.05) is 37.6 Å². The van der Waals surface area contributed by atoms with Gasteiger partial charge >= 0.3 is 0 Å². The summed E-state index contributed by atoms with van der Waals surface area (Å²) in [6.07, 6.45) is 7.03. The number of nitrogens with zero attached hydrogens (tertiary/aromatic N) is 3. The number of rotatable bonds is 16. The highest BCUT2D eigenvalue weighted by Gasteiger charge is 2.75. The predicted octanol–water partition coefficient (Wildman–Crippen LogP) is 5.37. The molecule has 0 radical (unpaired) electrons. The lowest BCUT2D eigenvalue weighted by Crippen LogP contribution is -2.56. The van der Waals surface area contributed by atoms with Crippen molar-refractivity contribution in [2.24, 2.45) is 11.8 Å². The fraction of sp³-hybridized carbons (Fsp3) is 0.500. The molecule has 9 heteroatoms. The van der Waals surface area contributed by atoms with Gasteiger partial charge in [0.05, 0.1) is 24.5 Å². The van der Waals surface area contributed by atoms with Crippen LogP contribution in [0.25, 0.3) is 0 Å². The number of carbonyl (C=O) groups excluding carboxylic acids is 3. The number of ether oxygens (including phenoxy) is 2. The molecule has 9 nitrogen and oxygen atoms in total. The Kier molecular flexibility index (Phi) is 10.9. The Hall–Kier alpha value is -3.95. The molecule has 5 rings (SSSR count). The summed E-state index contributed by atoms with van der Waals surface area (Å²) in [6.45, 7) is 15.3. The van der Waals surface area contributed by atoms with Crippen LogP contribution in [-0.2, 0) is 19.1 Å². The molecule has 2 aromatic carbocycles. The Labute approximate surface area is 278 Å². The standard InChI is InChI=1S/C38H49N3O6/c1-6-21-39(28-15-17-29(18-16-28)46-8-3)35(43)32-31-19-20-38(47-31)33(32)36(44)41(23-11-9-10-12-24-42)34(38)37(45)40(22-7-2)30-25-26(4)13-14-27(30)5/h6-7,13-18,25,31-34,42H,1-2,8-12,19-24H2,3-5H3/t31-,32+,33-,34?,38?/m0/s1. The zero-order valence-corrected chi connectivity index (χ0v) is 28.0. The summed E-state index contributed by atoms with van der Waals surface area (Å²) in [7, 11) is 0. The zero-order valence-electron chi connectivity index (χ0n) is 28.0. The molecule has 3 amide bonds. The number of fused-ring (bicyclic) bond motifs is 1. The van der Waals surface area contributed by atoms with Gasteiger partial charge in [-0.1, -0.05) is 37.1 Å². The van der Waals surface area contributed by atoms with Gasteiger partial charge in [0.2, 0.25) is 11.8 Å². The number of aliphatic hydroxyl groups excluding tert-OH is 1. The number of aliphatic hydroxyl groups is 1. The van der Waals surface area contributed by atoms with Crippen molar-refractivity contribution in [3.05, 3.63) is 78.9 Å². The first-order chi connectivity index (χ1) is 22.7. The lowest BCUT2D eigenvalue weighted by molar-refractivity contribution is -0.140. The molecule has 2 bridgehead atoms. The number of amides is 3. The van der Waals surface area contributed by atoms with Gasteiger partial charge in [0.25, 0.3) is 5.91 Å². The Morgan fingerprint density at radius 3 is 2.40 bits per heavy atom. The van der Waals surface area contributed by atoms with E-state index in [1.165, 1.54) is 0 Å². The number of unbranched alkanes of at least 4 members (excludes halogenated alkanes) is 3. The first-order valence-corrected chi connectivity index (χ1v) is 17.0. The highest BCUT2D eigenvalue weighted by atomic mass is 16.5. The molecule has 0 aliphatic carbocycles. The Morgan fingerprint density at radius 1 is 1.02 bits per heavy atom. The number of hydrogen-bond acceptors (Lipinski definition) is 6. The molecule has 3 aliphatic heterocycles. The molecule has 252 valence electrons. The second kappa shape index (κ2) is 14.9. The van der Waals surface area contributed by atoms with Gasteiger partial charge in [-0.15, -0.1) is 13.2 Å². The van der Waals surface area contributed by atoms with Crippen molar-refractivity contribution in [3.63, 3.8) is 0 Å². The van der Waals surface area contributed by atoms with E-state index in [1.54, 1.807) is 26.9 Å². The summed E-state index contributed by atoms with van der Waals surface area (Å²) >= 11 is 0. The maximum absolute atomic E-state index is 14.9. The fourth-order valence-corrected chi connectivity index (χ4v) is 7.82. The van der Waals surface area contributed by atoms with Crippen LogP contribution in [0.5, 0.6) is 5.75 Å². The van der Waals surface area contributed by atoms with Crippen molar-refractivity contribution in [3.8, 4) is 5.75 Å². The van der Waals surface area contributed by atoms with Gasteiger partial charge in [-0.3, -0.25) is 14.4 Å². The normalized spacial score (nSPS) is 24.3. The average molecular weight is 644 g/mol. The third kappa shape index (κ3) is 6.48. The van der Waals surface area contributed by atoms with E-state index in [9.17, 15) is 19.5 Å². The van der Waals surface area contributed by atoms with Crippen LogP contribution in [-0.4, -0.2) is 78.3 Å². The maximum Gasteiger partial charge on any atom is 0.253 e. The van der Waals surface area contributed by atoms with Crippen LogP contribution in [0.3, 0.4) is 0 Å². The van der Waals surface area contributed by atoms with Gasteiger partial charge < -0.3 is 29.3 Å². The van der Waals surface area contributed by atoms with Crippen molar-refractivity contribution >= 4 is 29.1 Å². The van der Waals surface area contributed by atoms with E-state index in [-0.39, 0.29) is 37.4 Å². The van der Waals surface area contributed by atoms with Crippen molar-refractivity contribution < 1.29 is 29.0 Å². The Bertz CT molecular complexity index is 1470. The molecule has 3 heterocycles. The van der Waals surface area contributed by atoms with Crippen molar-refractivity contribution in [2.45, 2.75) is 77.0 Å². The second-order valence-electron chi connectivity index (χ2n) is 12.9. The molecule has 1 spiro atoms. The Morgan fingerprint density at radius 2 is 1.72 bits per heavy atom. The monoisotopic (exact) mass is 643 g/mol. The van der Waals surface area contributed by atoms with Gasteiger partial charge in [-0.05, 0) is 87.9 Å². The number of carbonyl (C=O) groups is 3. The molecule has 47 heavy (non-hydrogen) atoms. The number of likely N-dealkylation sites (tertiary alicyclic amines) is 1. The molecule has 5 atom stereocenters. The maximum atomic E-state index is 14.9. The number of aryl methyl sites for hydroxylation is 2. The summed E-state index contributed by atoms with van der Waals surface area (Å²) in [5.41, 5.74) is 2.31. The van der Waals surface area contributed by atoms with Crippen molar-refractivity contribution in [1.29, 1.82) is 0 Å². The van der Waals surface area contributed by atoms with Crippen molar-refractivity contribution in [1.82, 2.24) is 4.90 Å². The van der Waals surface area contributed by atoms with Gasteiger partial charge in [-0.2, -0.15) is 0 Å².